The molecule has 0 aliphatic rings. The molecule has 0 amide bonds. The van der Waals surface area contributed by atoms with E-state index in [1.165, 1.54) is 6.07 Å². The summed E-state index contributed by atoms with van der Waals surface area (Å²) in [5.41, 5.74) is 1.75. The first-order valence-corrected chi connectivity index (χ1v) is 6.36. The van der Waals surface area contributed by atoms with E-state index < -0.39 is 0 Å². The van der Waals surface area contributed by atoms with Gasteiger partial charge in [-0.3, -0.25) is 0 Å². The molecule has 1 nitrogen and oxygen atoms in total. The number of fused-ring (bicyclic) bond motifs is 1. The number of hydrogen-bond donors (Lipinski definition) is 1. The van der Waals surface area contributed by atoms with Crippen LogP contribution in [0.15, 0.2) is 24.3 Å². The van der Waals surface area contributed by atoms with Crippen molar-refractivity contribution < 1.29 is 9.50 Å². The third kappa shape index (κ3) is 2.07. The number of hydrogen-bond acceptors (Lipinski definition) is 1. The second-order valence-corrected chi connectivity index (χ2v) is 5.40. The van der Waals surface area contributed by atoms with Crippen molar-refractivity contribution in [2.24, 2.45) is 0 Å². The first kappa shape index (κ1) is 12.9. The lowest BCUT2D eigenvalue weighted by atomic mass is 9.88. The molecule has 2 aromatic rings. The predicted octanol–water partition coefficient (Wildman–Crippen LogP) is 4.93. The standard InChI is InChI=1S/C16H19FO/c1-9(2)13-8-12(18)7-11-5-6-14(17)15(10(3)4)16(11)13/h5-10,18H,1-4H3. The summed E-state index contributed by atoms with van der Waals surface area (Å²) in [6, 6.07) is 6.67. The van der Waals surface area contributed by atoms with E-state index >= 15 is 0 Å². The second kappa shape index (κ2) is 4.60. The average Bonchev–Trinajstić information content (AvgIpc) is 2.27. The Labute approximate surface area is 107 Å². The summed E-state index contributed by atoms with van der Waals surface area (Å²) in [7, 11) is 0. The number of rotatable bonds is 2. The van der Waals surface area contributed by atoms with Gasteiger partial charge in [0.25, 0.3) is 0 Å². The van der Waals surface area contributed by atoms with Gasteiger partial charge in [0.05, 0.1) is 0 Å². The van der Waals surface area contributed by atoms with Gasteiger partial charge in [0.1, 0.15) is 11.6 Å². The summed E-state index contributed by atoms with van der Waals surface area (Å²) in [4.78, 5) is 0. The van der Waals surface area contributed by atoms with E-state index in [0.717, 1.165) is 21.9 Å². The van der Waals surface area contributed by atoms with E-state index in [-0.39, 0.29) is 23.4 Å². The smallest absolute Gasteiger partial charge is 0.127 e. The molecule has 0 atom stereocenters. The van der Waals surface area contributed by atoms with Crippen molar-refractivity contribution in [2.75, 3.05) is 0 Å². The number of aromatic hydroxyl groups is 1. The van der Waals surface area contributed by atoms with Gasteiger partial charge in [-0.05, 0) is 51.9 Å². The lowest BCUT2D eigenvalue weighted by molar-refractivity contribution is 0.475. The Balaban J connectivity index is 2.93. The molecule has 0 aliphatic carbocycles. The Morgan fingerprint density at radius 3 is 2.22 bits per heavy atom. The first-order chi connectivity index (χ1) is 8.41. The molecule has 0 radical (unpaired) electrons. The van der Waals surface area contributed by atoms with Crippen LogP contribution in [0.5, 0.6) is 5.75 Å². The largest absolute Gasteiger partial charge is 0.508 e. The van der Waals surface area contributed by atoms with Crippen LogP contribution in [0.1, 0.15) is 50.7 Å². The molecule has 2 heteroatoms. The van der Waals surface area contributed by atoms with E-state index in [1.54, 1.807) is 18.2 Å². The van der Waals surface area contributed by atoms with Crippen molar-refractivity contribution in [2.45, 2.75) is 39.5 Å². The van der Waals surface area contributed by atoms with Gasteiger partial charge in [0, 0.05) is 0 Å². The molecule has 2 rings (SSSR count). The Morgan fingerprint density at radius 1 is 1.00 bits per heavy atom. The van der Waals surface area contributed by atoms with Crippen molar-refractivity contribution in [3.8, 4) is 5.75 Å². The van der Waals surface area contributed by atoms with E-state index in [1.807, 2.05) is 13.8 Å². The van der Waals surface area contributed by atoms with Crippen LogP contribution in [-0.2, 0) is 0 Å². The molecule has 0 fully saturated rings. The fraction of sp³-hybridized carbons (Fsp3) is 0.375. The molecule has 0 aromatic heterocycles. The Morgan fingerprint density at radius 2 is 1.67 bits per heavy atom. The molecule has 0 heterocycles. The Kier molecular flexibility index (Phi) is 3.29. The maximum Gasteiger partial charge on any atom is 0.127 e. The van der Waals surface area contributed by atoms with Gasteiger partial charge in [-0.25, -0.2) is 4.39 Å². The van der Waals surface area contributed by atoms with Crippen LogP contribution in [0, 0.1) is 5.82 Å². The summed E-state index contributed by atoms with van der Waals surface area (Å²) < 4.78 is 14.1. The van der Waals surface area contributed by atoms with Crippen LogP contribution in [0.3, 0.4) is 0 Å². The van der Waals surface area contributed by atoms with Crippen LogP contribution in [-0.4, -0.2) is 5.11 Å². The van der Waals surface area contributed by atoms with Crippen molar-refractivity contribution in [3.05, 3.63) is 41.2 Å². The predicted molar refractivity (Wildman–Crippen MR) is 73.7 cm³/mol. The molecule has 0 spiro atoms. The van der Waals surface area contributed by atoms with E-state index in [4.69, 9.17) is 0 Å². The highest BCUT2D eigenvalue weighted by Crippen LogP contribution is 2.36. The monoisotopic (exact) mass is 246 g/mol. The maximum absolute atomic E-state index is 14.1. The molecular weight excluding hydrogens is 227 g/mol. The van der Waals surface area contributed by atoms with Gasteiger partial charge >= 0.3 is 0 Å². The number of phenols is 1. The highest BCUT2D eigenvalue weighted by Gasteiger charge is 2.16. The molecule has 96 valence electrons. The zero-order chi connectivity index (χ0) is 13.4. The van der Waals surface area contributed by atoms with Crippen molar-refractivity contribution in [1.29, 1.82) is 0 Å². The van der Waals surface area contributed by atoms with Crippen LogP contribution < -0.4 is 0 Å². The quantitative estimate of drug-likeness (QED) is 0.796. The van der Waals surface area contributed by atoms with E-state index in [9.17, 15) is 9.50 Å². The topological polar surface area (TPSA) is 20.2 Å². The number of halogens is 1. The Bertz CT molecular complexity index is 585. The fourth-order valence-electron chi connectivity index (χ4n) is 2.51. The summed E-state index contributed by atoms with van der Waals surface area (Å²) in [5.74, 6) is 0.451. The highest BCUT2D eigenvalue weighted by atomic mass is 19.1. The number of benzene rings is 2. The molecule has 0 unspecified atom stereocenters. The lowest BCUT2D eigenvalue weighted by Gasteiger charge is -2.17. The summed E-state index contributed by atoms with van der Waals surface area (Å²) in [5, 5.41) is 11.6. The highest BCUT2D eigenvalue weighted by molar-refractivity contribution is 5.91. The minimum absolute atomic E-state index is 0.121. The molecule has 2 aromatic carbocycles. The van der Waals surface area contributed by atoms with Gasteiger partial charge in [-0.15, -0.1) is 0 Å². The first-order valence-electron chi connectivity index (χ1n) is 6.36. The maximum atomic E-state index is 14.1. The van der Waals surface area contributed by atoms with Gasteiger partial charge in [0.15, 0.2) is 0 Å². The van der Waals surface area contributed by atoms with Crippen LogP contribution in [0.2, 0.25) is 0 Å². The SMILES string of the molecule is CC(C)c1cc(O)cc2ccc(F)c(C(C)C)c12. The molecular formula is C16H19FO. The van der Waals surface area contributed by atoms with Crippen molar-refractivity contribution >= 4 is 10.8 Å². The van der Waals surface area contributed by atoms with Gasteiger partial charge in [-0.1, -0.05) is 33.8 Å². The van der Waals surface area contributed by atoms with Crippen molar-refractivity contribution in [1.82, 2.24) is 0 Å². The van der Waals surface area contributed by atoms with Crippen molar-refractivity contribution in [3.63, 3.8) is 0 Å². The van der Waals surface area contributed by atoms with E-state index in [0.29, 0.717) is 0 Å². The molecule has 0 saturated heterocycles. The third-order valence-electron chi connectivity index (χ3n) is 3.32. The molecule has 18 heavy (non-hydrogen) atoms. The molecule has 1 N–H and O–H groups in total. The molecule has 0 bridgehead atoms. The average molecular weight is 246 g/mol. The minimum atomic E-state index is -0.162. The summed E-state index contributed by atoms with van der Waals surface area (Å²) in [6.45, 7) is 8.11. The zero-order valence-corrected chi connectivity index (χ0v) is 11.3. The molecule has 0 saturated carbocycles. The van der Waals surface area contributed by atoms with Crippen LogP contribution in [0.25, 0.3) is 10.8 Å². The summed E-state index contributed by atoms with van der Waals surface area (Å²) in [6.07, 6.45) is 0. The van der Waals surface area contributed by atoms with Gasteiger partial charge in [0.2, 0.25) is 0 Å². The summed E-state index contributed by atoms with van der Waals surface area (Å²) >= 11 is 0. The molecule has 0 aliphatic heterocycles. The van der Waals surface area contributed by atoms with Crippen LogP contribution >= 0.6 is 0 Å². The lowest BCUT2D eigenvalue weighted by Crippen LogP contribution is -1.99. The second-order valence-electron chi connectivity index (χ2n) is 5.40. The van der Waals surface area contributed by atoms with Gasteiger partial charge < -0.3 is 5.11 Å². The zero-order valence-electron chi connectivity index (χ0n) is 11.3. The number of phenolic OH excluding ortho intramolecular Hbond substituents is 1. The normalized spacial score (nSPS) is 11.7. The van der Waals surface area contributed by atoms with Gasteiger partial charge in [-0.2, -0.15) is 0 Å². The third-order valence-corrected chi connectivity index (χ3v) is 3.32. The minimum Gasteiger partial charge on any atom is -0.508 e. The Hall–Kier alpha value is -1.57. The van der Waals surface area contributed by atoms with Crippen LogP contribution in [0.4, 0.5) is 4.39 Å². The fourth-order valence-corrected chi connectivity index (χ4v) is 2.51. The van der Waals surface area contributed by atoms with E-state index in [2.05, 4.69) is 13.8 Å².